The van der Waals surface area contributed by atoms with Crippen molar-refractivity contribution in [2.24, 2.45) is 0 Å². The second kappa shape index (κ2) is 15.7. The van der Waals surface area contributed by atoms with E-state index in [2.05, 4.69) is 255 Å². The number of hydrogen-bond donors (Lipinski definition) is 0. The van der Waals surface area contributed by atoms with Crippen molar-refractivity contribution in [3.8, 4) is 33.4 Å². The Balaban J connectivity index is 1.23. The van der Waals surface area contributed by atoms with Crippen LogP contribution in [-0.4, -0.2) is 6.71 Å². The van der Waals surface area contributed by atoms with E-state index in [1.165, 1.54) is 88.8 Å². The third-order valence-electron chi connectivity index (χ3n) is 16.1. The maximum Gasteiger partial charge on any atom is 0.257 e. The molecule has 0 bridgehead atoms. The van der Waals surface area contributed by atoms with Gasteiger partial charge in [0.2, 0.25) is 5.88 Å². The molecular formula is C66H63BN2O. The Kier molecular flexibility index (Phi) is 9.94. The topological polar surface area (TPSA) is 19.6 Å². The van der Waals surface area contributed by atoms with Crippen molar-refractivity contribution in [2.45, 2.75) is 104 Å². The molecule has 0 unspecified atom stereocenters. The maximum absolute atomic E-state index is 7.66. The van der Waals surface area contributed by atoms with Gasteiger partial charge in [-0.15, -0.1) is 0 Å². The lowest BCUT2D eigenvalue weighted by Crippen LogP contribution is -2.61. The number of furan rings is 1. The number of benzene rings is 8. The second-order valence-electron chi connectivity index (χ2n) is 23.7. The lowest BCUT2D eigenvalue weighted by Gasteiger charge is -2.44. The van der Waals surface area contributed by atoms with Gasteiger partial charge in [0.25, 0.3) is 6.71 Å². The summed E-state index contributed by atoms with van der Waals surface area (Å²) in [5.41, 5.74) is 23.0. The van der Waals surface area contributed by atoms with Crippen molar-refractivity contribution >= 4 is 68.4 Å². The third-order valence-corrected chi connectivity index (χ3v) is 16.1. The van der Waals surface area contributed by atoms with Gasteiger partial charge in [-0.3, -0.25) is 4.90 Å². The lowest BCUT2D eigenvalue weighted by molar-refractivity contribution is 0.332. The predicted octanol–water partition coefficient (Wildman–Crippen LogP) is 16.5. The van der Waals surface area contributed by atoms with Crippen LogP contribution in [0.3, 0.4) is 0 Å². The molecule has 0 saturated carbocycles. The highest BCUT2D eigenvalue weighted by Crippen LogP contribution is 2.53. The number of hydrogen-bond acceptors (Lipinski definition) is 3. The minimum Gasteiger partial charge on any atom is -0.440 e. The fourth-order valence-electron chi connectivity index (χ4n) is 11.8. The van der Waals surface area contributed by atoms with Crippen LogP contribution in [0.2, 0.25) is 0 Å². The van der Waals surface area contributed by atoms with Crippen molar-refractivity contribution in [3.05, 3.63) is 198 Å². The molecule has 0 radical (unpaired) electrons. The minimum atomic E-state index is -0.171. The van der Waals surface area contributed by atoms with Crippen LogP contribution in [0.5, 0.6) is 0 Å². The smallest absolute Gasteiger partial charge is 0.257 e. The minimum absolute atomic E-state index is 0.0131. The maximum atomic E-state index is 7.66. The molecule has 346 valence electrons. The van der Waals surface area contributed by atoms with Crippen LogP contribution in [-0.2, 0) is 21.7 Å². The van der Waals surface area contributed by atoms with Gasteiger partial charge >= 0.3 is 0 Å². The summed E-state index contributed by atoms with van der Waals surface area (Å²) in [5, 5.41) is 1.20. The highest BCUT2D eigenvalue weighted by molar-refractivity contribution is 7.01. The fourth-order valence-corrected chi connectivity index (χ4v) is 11.8. The van der Waals surface area contributed by atoms with Crippen LogP contribution < -0.4 is 26.2 Å². The normalized spacial score (nSPS) is 15.6. The molecule has 9 aromatic rings. The van der Waals surface area contributed by atoms with E-state index in [1.54, 1.807) is 0 Å². The Labute approximate surface area is 415 Å². The largest absolute Gasteiger partial charge is 0.440 e. The molecule has 0 saturated heterocycles. The van der Waals surface area contributed by atoms with E-state index in [-0.39, 0.29) is 28.4 Å². The molecule has 0 amide bonds. The third kappa shape index (κ3) is 7.08. The van der Waals surface area contributed by atoms with Gasteiger partial charge in [0.1, 0.15) is 5.58 Å². The van der Waals surface area contributed by atoms with Crippen LogP contribution >= 0.6 is 0 Å². The Bertz CT molecular complexity index is 3500. The molecule has 3 nitrogen and oxygen atoms in total. The quantitative estimate of drug-likeness (QED) is 0.160. The highest BCUT2D eigenvalue weighted by atomic mass is 16.4. The summed E-state index contributed by atoms with van der Waals surface area (Å²) in [5.74, 6) is 0.903. The van der Waals surface area contributed by atoms with Crippen LogP contribution in [0, 0.1) is 0 Å². The molecule has 12 rings (SSSR count). The van der Waals surface area contributed by atoms with E-state index in [0.29, 0.717) is 0 Å². The number of nitrogens with zero attached hydrogens (tertiary/aromatic N) is 2. The molecule has 1 aliphatic carbocycles. The van der Waals surface area contributed by atoms with Crippen molar-refractivity contribution in [1.82, 2.24) is 0 Å². The SMILES string of the molecule is CC(C)(C)c1ccc(N2c3cc(C(C)(C)C)cc4c3B(c3cc(-c5ccccc5)ccc3N4c3ccc(-c4ccccc4)cc3)c3c2oc2cc4c(cc32)C(C)(C)CCC4(C)C)c(-c2ccccc2)c1. The summed E-state index contributed by atoms with van der Waals surface area (Å²) < 4.78 is 7.66. The summed E-state index contributed by atoms with van der Waals surface area (Å²) in [6, 6.07) is 66.2. The Hall–Kier alpha value is -7.04. The Morgan fingerprint density at radius 2 is 0.957 bits per heavy atom. The Morgan fingerprint density at radius 3 is 1.56 bits per heavy atom. The van der Waals surface area contributed by atoms with Gasteiger partial charge in [-0.05, 0) is 150 Å². The van der Waals surface area contributed by atoms with Gasteiger partial charge < -0.3 is 9.32 Å². The fraction of sp³-hybridized carbons (Fsp3) is 0.242. The van der Waals surface area contributed by atoms with Gasteiger partial charge in [-0.2, -0.15) is 0 Å². The first kappa shape index (κ1) is 44.2. The first-order valence-electron chi connectivity index (χ1n) is 25.4. The molecule has 70 heavy (non-hydrogen) atoms. The van der Waals surface area contributed by atoms with Crippen LogP contribution in [0.15, 0.2) is 180 Å². The average molecular weight is 911 g/mol. The summed E-state index contributed by atoms with van der Waals surface area (Å²) >= 11 is 0. The van der Waals surface area contributed by atoms with Crippen LogP contribution in [0.4, 0.5) is 34.3 Å². The molecule has 2 aliphatic heterocycles. The number of rotatable bonds is 5. The van der Waals surface area contributed by atoms with E-state index in [1.807, 2.05) is 0 Å². The van der Waals surface area contributed by atoms with Crippen molar-refractivity contribution in [1.29, 1.82) is 0 Å². The van der Waals surface area contributed by atoms with Crippen molar-refractivity contribution in [3.63, 3.8) is 0 Å². The van der Waals surface area contributed by atoms with Gasteiger partial charge in [-0.25, -0.2) is 0 Å². The molecule has 0 atom stereocenters. The van der Waals surface area contributed by atoms with E-state index >= 15 is 0 Å². The molecule has 0 N–H and O–H groups in total. The average Bonchev–Trinajstić information content (AvgIpc) is 3.73. The molecule has 0 fully saturated rings. The molecule has 3 aliphatic rings. The number of fused-ring (bicyclic) bond motifs is 7. The summed E-state index contributed by atoms with van der Waals surface area (Å²) in [6.07, 6.45) is 2.27. The molecular weight excluding hydrogens is 848 g/mol. The first-order chi connectivity index (χ1) is 33.5. The standard InChI is InChI=1S/C66H63BN2O/c1-63(2,3)47-29-33-55(50(37-47)45-24-18-13-19-25-45)69-58-39-48(64(4,5)6)38-57-61(58)67(60-51-40-52-53(41-59(51)70-62(60)69)66(9,10)35-34-65(52,7)8)54-36-46(43-22-16-12-17-23-43)28-32-56(54)68(57)49-30-26-44(27-31-49)42-20-14-11-15-21-42/h11-33,36-41H,34-35H2,1-10H3. The van der Waals surface area contributed by atoms with Crippen LogP contribution in [0.1, 0.15) is 104 Å². The molecule has 0 spiro atoms. The van der Waals surface area contributed by atoms with Gasteiger partial charge in [0.15, 0.2) is 0 Å². The van der Waals surface area contributed by atoms with Crippen molar-refractivity contribution in [2.75, 3.05) is 9.80 Å². The zero-order valence-electron chi connectivity index (χ0n) is 42.5. The summed E-state index contributed by atoms with van der Waals surface area (Å²) in [7, 11) is 0. The molecule has 3 heterocycles. The lowest BCUT2D eigenvalue weighted by atomic mass is 9.33. The first-order valence-corrected chi connectivity index (χ1v) is 25.4. The zero-order valence-corrected chi connectivity index (χ0v) is 42.5. The van der Waals surface area contributed by atoms with E-state index < -0.39 is 0 Å². The van der Waals surface area contributed by atoms with Gasteiger partial charge in [0, 0.05) is 39.2 Å². The monoisotopic (exact) mass is 911 g/mol. The van der Waals surface area contributed by atoms with E-state index in [0.717, 1.165) is 41.4 Å². The number of anilines is 6. The van der Waals surface area contributed by atoms with Gasteiger partial charge in [-0.1, -0.05) is 191 Å². The Morgan fingerprint density at radius 1 is 0.443 bits per heavy atom. The molecule has 8 aromatic carbocycles. The van der Waals surface area contributed by atoms with E-state index in [9.17, 15) is 0 Å². The molecule has 4 heteroatoms. The molecule has 1 aromatic heterocycles. The van der Waals surface area contributed by atoms with Crippen LogP contribution in [0.25, 0.3) is 44.3 Å². The summed E-state index contributed by atoms with van der Waals surface area (Å²) in [6.45, 7) is 23.6. The van der Waals surface area contributed by atoms with E-state index in [4.69, 9.17) is 4.42 Å². The second-order valence-corrected chi connectivity index (χ2v) is 23.7. The summed E-state index contributed by atoms with van der Waals surface area (Å²) in [4.78, 5) is 5.08. The predicted molar refractivity (Wildman–Crippen MR) is 299 cm³/mol. The van der Waals surface area contributed by atoms with Crippen molar-refractivity contribution < 1.29 is 4.42 Å². The zero-order chi connectivity index (χ0) is 48.5. The highest BCUT2D eigenvalue weighted by Gasteiger charge is 2.48. The van der Waals surface area contributed by atoms with Gasteiger partial charge in [0.05, 0.1) is 5.69 Å².